The largest absolute Gasteiger partial charge is 0.450 e. The van der Waals surface area contributed by atoms with E-state index in [1.165, 1.54) is 18.2 Å². The number of esters is 1. The molecule has 0 bridgehead atoms. The summed E-state index contributed by atoms with van der Waals surface area (Å²) in [5.74, 6) is -1.83. The first-order valence-corrected chi connectivity index (χ1v) is 8.14. The molecule has 0 unspecified atom stereocenters. The fourth-order valence-electron chi connectivity index (χ4n) is 2.18. The van der Waals surface area contributed by atoms with E-state index < -0.39 is 23.9 Å². The number of hydrogen-bond acceptors (Lipinski definition) is 5. The molecule has 1 N–H and O–H groups in total. The number of ether oxygens (including phenoxy) is 1. The van der Waals surface area contributed by atoms with Crippen LogP contribution in [0, 0.1) is 0 Å². The molecule has 2 aromatic carbocycles. The summed E-state index contributed by atoms with van der Waals surface area (Å²) in [6, 6.07) is 12.1. The molecule has 0 spiro atoms. The van der Waals surface area contributed by atoms with E-state index in [-0.39, 0.29) is 16.7 Å². The Morgan fingerprint density at radius 2 is 1.85 bits per heavy atom. The number of carbonyl (C=O) groups excluding carboxylic acids is 2. The van der Waals surface area contributed by atoms with E-state index in [2.05, 4.69) is 5.32 Å². The Morgan fingerprint density at radius 3 is 2.62 bits per heavy atom. The van der Waals surface area contributed by atoms with Crippen molar-refractivity contribution in [2.24, 2.45) is 0 Å². The van der Waals surface area contributed by atoms with Gasteiger partial charge in [-0.3, -0.25) is 9.59 Å². The lowest BCUT2D eigenvalue weighted by Gasteiger charge is -2.08. The van der Waals surface area contributed by atoms with Gasteiger partial charge in [-0.05, 0) is 30.3 Å². The lowest BCUT2D eigenvalue weighted by molar-refractivity contribution is -0.119. The first-order chi connectivity index (χ1) is 12.4. The summed E-state index contributed by atoms with van der Waals surface area (Å²) in [6.45, 7) is -0.563. The van der Waals surface area contributed by atoms with Gasteiger partial charge < -0.3 is 14.5 Å². The second-order valence-electron chi connectivity index (χ2n) is 5.22. The zero-order valence-corrected chi connectivity index (χ0v) is 14.6. The van der Waals surface area contributed by atoms with Crippen LogP contribution in [0.25, 0.3) is 11.0 Å². The third kappa shape index (κ3) is 4.04. The van der Waals surface area contributed by atoms with Crippen molar-refractivity contribution in [3.05, 3.63) is 74.6 Å². The third-order valence-corrected chi connectivity index (χ3v) is 3.94. The highest BCUT2D eigenvalue weighted by Gasteiger charge is 2.16. The van der Waals surface area contributed by atoms with Gasteiger partial charge in [-0.1, -0.05) is 35.3 Å². The highest BCUT2D eigenvalue weighted by molar-refractivity contribution is 6.33. The van der Waals surface area contributed by atoms with Crippen molar-refractivity contribution in [2.75, 3.05) is 11.9 Å². The normalized spacial score (nSPS) is 10.5. The van der Waals surface area contributed by atoms with Crippen molar-refractivity contribution in [1.29, 1.82) is 0 Å². The summed E-state index contributed by atoms with van der Waals surface area (Å²) < 4.78 is 10.2. The lowest BCUT2D eigenvalue weighted by atomic mass is 10.2. The van der Waals surface area contributed by atoms with E-state index >= 15 is 0 Å². The maximum atomic E-state index is 12.1. The number of amides is 1. The molecular formula is C18H11Cl2NO5. The molecule has 0 saturated carbocycles. The summed E-state index contributed by atoms with van der Waals surface area (Å²) in [5.41, 5.74) is 0.139. The highest BCUT2D eigenvalue weighted by atomic mass is 35.5. The minimum Gasteiger partial charge on any atom is -0.450 e. The van der Waals surface area contributed by atoms with Gasteiger partial charge in [0.2, 0.25) is 5.76 Å². The molecule has 0 atom stereocenters. The van der Waals surface area contributed by atoms with E-state index in [1.54, 1.807) is 24.3 Å². The summed E-state index contributed by atoms with van der Waals surface area (Å²) in [6.07, 6.45) is 0. The number of para-hydroxylation sites is 1. The van der Waals surface area contributed by atoms with Gasteiger partial charge in [0.25, 0.3) is 5.91 Å². The van der Waals surface area contributed by atoms with E-state index in [0.29, 0.717) is 15.7 Å². The average molecular weight is 392 g/mol. The van der Waals surface area contributed by atoms with Gasteiger partial charge >= 0.3 is 5.97 Å². The van der Waals surface area contributed by atoms with E-state index in [0.717, 1.165) is 6.07 Å². The van der Waals surface area contributed by atoms with Crippen molar-refractivity contribution >= 4 is 51.7 Å². The zero-order valence-electron chi connectivity index (χ0n) is 13.1. The van der Waals surface area contributed by atoms with E-state index in [4.69, 9.17) is 32.4 Å². The molecule has 0 aliphatic carbocycles. The minimum atomic E-state index is -0.937. The number of halogens is 2. The summed E-state index contributed by atoms with van der Waals surface area (Å²) in [5, 5.41) is 3.48. The average Bonchev–Trinajstić information content (AvgIpc) is 2.62. The molecule has 3 aromatic rings. The van der Waals surface area contributed by atoms with E-state index in [9.17, 15) is 14.4 Å². The van der Waals surface area contributed by atoms with Crippen LogP contribution in [0.2, 0.25) is 10.0 Å². The van der Waals surface area contributed by atoms with Crippen LogP contribution in [0.15, 0.2) is 57.7 Å². The molecule has 1 heterocycles. The molecule has 26 heavy (non-hydrogen) atoms. The second-order valence-corrected chi connectivity index (χ2v) is 6.06. The fourth-order valence-corrected chi connectivity index (χ4v) is 2.54. The summed E-state index contributed by atoms with van der Waals surface area (Å²) in [4.78, 5) is 36.0. The van der Waals surface area contributed by atoms with E-state index in [1.807, 2.05) is 0 Å². The molecule has 0 radical (unpaired) electrons. The van der Waals surface area contributed by atoms with Crippen LogP contribution in [-0.4, -0.2) is 18.5 Å². The van der Waals surface area contributed by atoms with Crippen molar-refractivity contribution in [2.45, 2.75) is 0 Å². The first-order valence-electron chi connectivity index (χ1n) is 7.39. The van der Waals surface area contributed by atoms with Crippen LogP contribution in [0.3, 0.4) is 0 Å². The monoisotopic (exact) mass is 391 g/mol. The van der Waals surface area contributed by atoms with Crippen molar-refractivity contribution in [1.82, 2.24) is 0 Å². The Bertz CT molecular complexity index is 1060. The molecule has 3 rings (SSSR count). The number of benzene rings is 2. The van der Waals surface area contributed by atoms with Crippen LogP contribution >= 0.6 is 23.2 Å². The van der Waals surface area contributed by atoms with Gasteiger partial charge in [-0.2, -0.15) is 0 Å². The number of carbonyl (C=O) groups is 2. The molecule has 0 aliphatic rings. The fraction of sp³-hybridized carbons (Fsp3) is 0.0556. The molecule has 0 fully saturated rings. The number of anilines is 1. The molecule has 0 saturated heterocycles. The molecule has 132 valence electrons. The lowest BCUT2D eigenvalue weighted by Crippen LogP contribution is -2.21. The maximum absolute atomic E-state index is 12.1. The third-order valence-electron chi connectivity index (χ3n) is 3.37. The maximum Gasteiger partial charge on any atom is 0.374 e. The number of nitrogens with one attached hydrogen (secondary N) is 1. The SMILES string of the molecule is O=C(COC(=O)c1cc(=O)c2cc(Cl)ccc2o1)Nc1ccccc1Cl. The van der Waals surface area contributed by atoms with Gasteiger partial charge in [-0.15, -0.1) is 0 Å². The van der Waals surface area contributed by atoms with Crippen molar-refractivity contribution in [3.8, 4) is 0 Å². The molecule has 0 aliphatic heterocycles. The van der Waals surface area contributed by atoms with Crippen molar-refractivity contribution < 1.29 is 18.7 Å². The Labute approximate surface area is 157 Å². The van der Waals surface area contributed by atoms with Crippen LogP contribution in [-0.2, 0) is 9.53 Å². The van der Waals surface area contributed by atoms with Gasteiger partial charge in [-0.25, -0.2) is 4.79 Å². The highest BCUT2D eigenvalue weighted by Crippen LogP contribution is 2.20. The minimum absolute atomic E-state index is 0.189. The predicted octanol–water partition coefficient (Wildman–Crippen LogP) is 3.90. The van der Waals surface area contributed by atoms with Crippen molar-refractivity contribution in [3.63, 3.8) is 0 Å². The summed E-state index contributed by atoms with van der Waals surface area (Å²) in [7, 11) is 0. The van der Waals surface area contributed by atoms with Crippen LogP contribution in [0.5, 0.6) is 0 Å². The quantitative estimate of drug-likeness (QED) is 0.681. The number of fused-ring (bicyclic) bond motifs is 1. The standard InChI is InChI=1S/C18H11Cl2NO5/c19-10-5-6-15-11(7-10)14(22)8-16(26-15)18(24)25-9-17(23)21-13-4-2-1-3-12(13)20/h1-8H,9H2,(H,21,23). The molecule has 6 nitrogen and oxygen atoms in total. The van der Waals surface area contributed by atoms with Crippen LogP contribution in [0.4, 0.5) is 5.69 Å². The van der Waals surface area contributed by atoms with Crippen LogP contribution in [0.1, 0.15) is 10.6 Å². The van der Waals surface area contributed by atoms with Gasteiger partial charge in [0, 0.05) is 11.1 Å². The zero-order chi connectivity index (χ0) is 18.7. The molecule has 1 amide bonds. The Kier molecular flexibility index (Phi) is 5.25. The Balaban J connectivity index is 1.69. The van der Waals surface area contributed by atoms with Gasteiger partial charge in [0.15, 0.2) is 12.0 Å². The number of rotatable bonds is 4. The molecule has 1 aromatic heterocycles. The first kappa shape index (κ1) is 18.0. The molecule has 8 heteroatoms. The number of hydrogen-bond donors (Lipinski definition) is 1. The Morgan fingerprint density at radius 1 is 1.08 bits per heavy atom. The predicted molar refractivity (Wildman–Crippen MR) is 97.9 cm³/mol. The molecular weight excluding hydrogens is 381 g/mol. The second kappa shape index (κ2) is 7.59. The van der Waals surface area contributed by atoms with Gasteiger partial charge in [0.05, 0.1) is 16.1 Å². The van der Waals surface area contributed by atoms with Gasteiger partial charge in [0.1, 0.15) is 5.58 Å². The van der Waals surface area contributed by atoms with Crippen LogP contribution < -0.4 is 10.7 Å². The summed E-state index contributed by atoms with van der Waals surface area (Å²) >= 11 is 11.8. The Hall–Kier alpha value is -2.83. The topological polar surface area (TPSA) is 85.6 Å². The smallest absolute Gasteiger partial charge is 0.374 e.